The van der Waals surface area contributed by atoms with Crippen molar-refractivity contribution in [2.24, 2.45) is 0 Å². The highest BCUT2D eigenvalue weighted by Gasteiger charge is 2.35. The van der Waals surface area contributed by atoms with Gasteiger partial charge >= 0.3 is 0 Å². The highest BCUT2D eigenvalue weighted by atomic mass is 16.3. The van der Waals surface area contributed by atoms with E-state index in [1.807, 2.05) is 0 Å². The first kappa shape index (κ1) is 18.0. The van der Waals surface area contributed by atoms with Crippen molar-refractivity contribution in [3.8, 4) is 0 Å². The van der Waals surface area contributed by atoms with E-state index in [2.05, 4.69) is 5.32 Å². The molecule has 1 atom stereocenters. The first-order valence-electron chi connectivity index (χ1n) is 9.44. The average molecular weight is 348 g/mol. The molecule has 1 aromatic rings. The van der Waals surface area contributed by atoms with Crippen LogP contribution in [0.2, 0.25) is 0 Å². The van der Waals surface area contributed by atoms with Gasteiger partial charge in [0.25, 0.3) is 5.91 Å². The van der Waals surface area contributed by atoms with Gasteiger partial charge in [0, 0.05) is 13.1 Å². The summed E-state index contributed by atoms with van der Waals surface area (Å²) in [6, 6.07) is 2.81. The average Bonchev–Trinajstić information content (AvgIpc) is 3.08. The van der Waals surface area contributed by atoms with Crippen LogP contribution in [0.1, 0.15) is 68.3 Å². The summed E-state index contributed by atoms with van der Waals surface area (Å²) in [4.78, 5) is 26.9. The zero-order valence-electron chi connectivity index (χ0n) is 14.7. The second-order valence-electron chi connectivity index (χ2n) is 7.34. The number of hydrogen-bond donors (Lipinski definition) is 2. The molecule has 25 heavy (non-hydrogen) atoms. The van der Waals surface area contributed by atoms with Crippen molar-refractivity contribution in [1.82, 2.24) is 10.2 Å². The summed E-state index contributed by atoms with van der Waals surface area (Å²) in [5.41, 5.74) is -0.809. The van der Waals surface area contributed by atoms with E-state index >= 15 is 0 Å². The molecule has 3 rings (SSSR count). The summed E-state index contributed by atoms with van der Waals surface area (Å²) in [6.07, 6.45) is 9.67. The van der Waals surface area contributed by atoms with Gasteiger partial charge in [-0.3, -0.25) is 9.59 Å². The molecule has 1 aliphatic heterocycles. The number of carbonyl (C=O) groups is 2. The number of nitrogens with one attached hydrogen (secondary N) is 1. The minimum Gasteiger partial charge on any atom is -0.459 e. The summed E-state index contributed by atoms with van der Waals surface area (Å²) in [7, 11) is 0. The predicted octanol–water partition coefficient (Wildman–Crippen LogP) is 2.48. The maximum atomic E-state index is 12.7. The Morgan fingerprint density at radius 2 is 1.96 bits per heavy atom. The maximum Gasteiger partial charge on any atom is 0.290 e. The molecule has 1 unspecified atom stereocenters. The Hall–Kier alpha value is -1.82. The topological polar surface area (TPSA) is 82.8 Å². The van der Waals surface area contributed by atoms with Crippen molar-refractivity contribution in [2.75, 3.05) is 13.1 Å². The molecule has 2 amide bonds. The number of furan rings is 1. The van der Waals surface area contributed by atoms with Crippen LogP contribution < -0.4 is 5.32 Å². The standard InChI is InChI=1S/C19H28N2O4/c22-17(20-14-19(24)10-4-1-2-5-11-19)15-8-3-6-12-21(15)18(23)16-9-7-13-25-16/h7,9,13,15,24H,1-6,8,10-12,14H2,(H,20,22). The molecule has 1 saturated carbocycles. The van der Waals surface area contributed by atoms with Crippen molar-refractivity contribution >= 4 is 11.8 Å². The van der Waals surface area contributed by atoms with E-state index in [-0.39, 0.29) is 24.1 Å². The monoisotopic (exact) mass is 348 g/mol. The fourth-order valence-corrected chi connectivity index (χ4v) is 3.92. The molecule has 1 saturated heterocycles. The predicted molar refractivity (Wildman–Crippen MR) is 93.0 cm³/mol. The van der Waals surface area contributed by atoms with E-state index in [0.717, 1.165) is 51.4 Å². The number of hydrogen-bond acceptors (Lipinski definition) is 4. The number of piperidine rings is 1. The molecular weight excluding hydrogens is 320 g/mol. The third-order valence-corrected chi connectivity index (χ3v) is 5.42. The molecule has 1 aliphatic carbocycles. The summed E-state index contributed by atoms with van der Waals surface area (Å²) in [5.74, 6) is -0.141. The van der Waals surface area contributed by atoms with Gasteiger partial charge in [-0.1, -0.05) is 25.7 Å². The van der Waals surface area contributed by atoms with E-state index in [0.29, 0.717) is 13.0 Å². The van der Waals surface area contributed by atoms with Crippen LogP contribution in [0.5, 0.6) is 0 Å². The zero-order chi connectivity index (χ0) is 17.7. The van der Waals surface area contributed by atoms with Crippen LogP contribution in [0.15, 0.2) is 22.8 Å². The lowest BCUT2D eigenvalue weighted by Gasteiger charge is -2.35. The molecule has 2 aliphatic rings. The van der Waals surface area contributed by atoms with E-state index in [4.69, 9.17) is 4.42 Å². The molecule has 2 N–H and O–H groups in total. The molecule has 0 spiro atoms. The SMILES string of the molecule is O=C(NCC1(O)CCCCCC1)C1CCCCN1C(=O)c1ccco1. The van der Waals surface area contributed by atoms with Gasteiger partial charge in [0.2, 0.25) is 5.91 Å². The Kier molecular flexibility index (Phi) is 5.78. The van der Waals surface area contributed by atoms with Crippen LogP contribution in [0.3, 0.4) is 0 Å². The second-order valence-corrected chi connectivity index (χ2v) is 7.34. The van der Waals surface area contributed by atoms with Crippen LogP contribution >= 0.6 is 0 Å². The smallest absolute Gasteiger partial charge is 0.290 e. The lowest BCUT2D eigenvalue weighted by molar-refractivity contribution is -0.128. The number of carbonyl (C=O) groups excluding carboxylic acids is 2. The van der Waals surface area contributed by atoms with Crippen LogP contribution in [0.4, 0.5) is 0 Å². The van der Waals surface area contributed by atoms with Crippen molar-refractivity contribution < 1.29 is 19.1 Å². The Morgan fingerprint density at radius 1 is 1.20 bits per heavy atom. The van der Waals surface area contributed by atoms with E-state index in [9.17, 15) is 14.7 Å². The number of nitrogens with zero attached hydrogens (tertiary/aromatic N) is 1. The number of aliphatic hydroxyl groups is 1. The maximum absolute atomic E-state index is 12.7. The lowest BCUT2D eigenvalue weighted by Crippen LogP contribution is -2.54. The van der Waals surface area contributed by atoms with Gasteiger partial charge in [0.05, 0.1) is 11.9 Å². The Bertz CT molecular complexity index is 576. The van der Waals surface area contributed by atoms with Gasteiger partial charge in [0.1, 0.15) is 6.04 Å². The van der Waals surface area contributed by atoms with Crippen LogP contribution in [-0.4, -0.2) is 46.6 Å². The van der Waals surface area contributed by atoms with E-state index in [1.54, 1.807) is 17.0 Å². The number of rotatable bonds is 4. The minimum absolute atomic E-state index is 0.169. The van der Waals surface area contributed by atoms with Gasteiger partial charge in [-0.15, -0.1) is 0 Å². The van der Waals surface area contributed by atoms with Crippen LogP contribution in [0, 0.1) is 0 Å². The van der Waals surface area contributed by atoms with E-state index in [1.165, 1.54) is 6.26 Å². The fraction of sp³-hybridized carbons (Fsp3) is 0.684. The van der Waals surface area contributed by atoms with Crippen molar-refractivity contribution in [3.05, 3.63) is 24.2 Å². The highest BCUT2D eigenvalue weighted by Crippen LogP contribution is 2.27. The normalized spacial score (nSPS) is 23.7. The molecule has 2 fully saturated rings. The third kappa shape index (κ3) is 4.42. The largest absolute Gasteiger partial charge is 0.459 e. The quantitative estimate of drug-likeness (QED) is 0.819. The lowest BCUT2D eigenvalue weighted by atomic mass is 9.94. The van der Waals surface area contributed by atoms with Gasteiger partial charge in [0.15, 0.2) is 5.76 Å². The molecule has 6 heteroatoms. The molecule has 0 radical (unpaired) electrons. The molecule has 138 valence electrons. The molecule has 1 aromatic heterocycles. The van der Waals surface area contributed by atoms with Crippen LogP contribution in [-0.2, 0) is 4.79 Å². The molecule has 0 aromatic carbocycles. The summed E-state index contributed by atoms with van der Waals surface area (Å²) >= 11 is 0. The molecular formula is C19H28N2O4. The fourth-order valence-electron chi connectivity index (χ4n) is 3.92. The molecule has 6 nitrogen and oxygen atoms in total. The van der Waals surface area contributed by atoms with E-state index < -0.39 is 11.6 Å². The van der Waals surface area contributed by atoms with Crippen molar-refractivity contribution in [2.45, 2.75) is 69.4 Å². The summed E-state index contributed by atoms with van der Waals surface area (Å²) < 4.78 is 5.20. The highest BCUT2D eigenvalue weighted by molar-refractivity contribution is 5.95. The Morgan fingerprint density at radius 3 is 2.64 bits per heavy atom. The third-order valence-electron chi connectivity index (χ3n) is 5.42. The summed E-state index contributed by atoms with van der Waals surface area (Å²) in [5, 5.41) is 13.6. The van der Waals surface area contributed by atoms with Gasteiger partial charge in [-0.25, -0.2) is 0 Å². The van der Waals surface area contributed by atoms with Crippen LogP contribution in [0.25, 0.3) is 0 Å². The number of amides is 2. The second kappa shape index (κ2) is 8.04. The first-order valence-corrected chi connectivity index (χ1v) is 9.44. The summed E-state index contributed by atoms with van der Waals surface area (Å²) in [6.45, 7) is 0.826. The van der Waals surface area contributed by atoms with Crippen molar-refractivity contribution in [3.63, 3.8) is 0 Å². The van der Waals surface area contributed by atoms with Gasteiger partial charge in [-0.05, 0) is 44.2 Å². The zero-order valence-corrected chi connectivity index (χ0v) is 14.7. The van der Waals surface area contributed by atoms with Gasteiger partial charge in [-0.2, -0.15) is 0 Å². The van der Waals surface area contributed by atoms with Crippen molar-refractivity contribution in [1.29, 1.82) is 0 Å². The molecule has 2 heterocycles. The minimum atomic E-state index is -0.809. The number of likely N-dealkylation sites (tertiary alicyclic amines) is 1. The first-order chi connectivity index (χ1) is 12.1. The molecule has 0 bridgehead atoms. The van der Waals surface area contributed by atoms with Gasteiger partial charge < -0.3 is 19.7 Å². The Labute approximate surface area is 148 Å². The Balaban J connectivity index is 1.61.